The molecule has 1 aromatic heterocycles. The largest absolute Gasteiger partial charge is 0.380 e. The van der Waals surface area contributed by atoms with Gasteiger partial charge in [0.05, 0.1) is 6.04 Å². The van der Waals surface area contributed by atoms with Gasteiger partial charge in [0.15, 0.2) is 12.2 Å². The number of amides is 2. The fourth-order valence-electron chi connectivity index (χ4n) is 3.60. The zero-order chi connectivity index (χ0) is 21.0. The van der Waals surface area contributed by atoms with Crippen molar-refractivity contribution in [2.45, 2.75) is 51.0 Å². The van der Waals surface area contributed by atoms with E-state index in [0.29, 0.717) is 6.54 Å². The lowest BCUT2D eigenvalue weighted by Crippen LogP contribution is -2.51. The molecular weight excluding hydrogens is 370 g/mol. The van der Waals surface area contributed by atoms with Crippen molar-refractivity contribution in [3.63, 3.8) is 0 Å². The molecule has 2 amide bonds. The summed E-state index contributed by atoms with van der Waals surface area (Å²) < 4.78 is 0. The number of benzene rings is 1. The summed E-state index contributed by atoms with van der Waals surface area (Å²) in [5.74, 6) is -1.38. The van der Waals surface area contributed by atoms with Crippen LogP contribution in [0.15, 0.2) is 48.8 Å². The Kier molecular flexibility index (Phi) is 6.61. The lowest BCUT2D eigenvalue weighted by Gasteiger charge is -2.27. The number of aliphatic hydroxyl groups is 2. The number of nitrogens with one attached hydrogen (secondary N) is 1. The van der Waals surface area contributed by atoms with Crippen molar-refractivity contribution in [3.05, 3.63) is 54.4 Å². The van der Waals surface area contributed by atoms with Crippen LogP contribution in [0.1, 0.15) is 38.3 Å². The van der Waals surface area contributed by atoms with Crippen molar-refractivity contribution in [1.82, 2.24) is 15.2 Å². The summed E-state index contributed by atoms with van der Waals surface area (Å²) in [5, 5.41) is 23.0. The fourth-order valence-corrected chi connectivity index (χ4v) is 3.60. The van der Waals surface area contributed by atoms with Gasteiger partial charge in [-0.25, -0.2) is 0 Å². The average Bonchev–Trinajstić information content (AvgIpc) is 3.18. The van der Waals surface area contributed by atoms with Crippen LogP contribution >= 0.6 is 0 Å². The minimum Gasteiger partial charge on any atom is -0.380 e. The highest BCUT2D eigenvalue weighted by atomic mass is 16.3. The first-order chi connectivity index (χ1) is 13.9. The van der Waals surface area contributed by atoms with Gasteiger partial charge in [0.1, 0.15) is 0 Å². The molecule has 3 N–H and O–H groups in total. The molecule has 154 valence electrons. The molecule has 3 rings (SSSR count). The van der Waals surface area contributed by atoms with E-state index in [1.807, 2.05) is 43.3 Å². The second-order valence-corrected chi connectivity index (χ2v) is 7.50. The average molecular weight is 397 g/mol. The Morgan fingerprint density at radius 2 is 1.69 bits per heavy atom. The summed E-state index contributed by atoms with van der Waals surface area (Å²) in [7, 11) is 0. The number of likely N-dealkylation sites (tertiary alicyclic amines) is 1. The van der Waals surface area contributed by atoms with Crippen LogP contribution in [0.5, 0.6) is 0 Å². The van der Waals surface area contributed by atoms with Crippen LogP contribution in [-0.4, -0.2) is 56.7 Å². The van der Waals surface area contributed by atoms with Gasteiger partial charge < -0.3 is 20.4 Å². The Hall–Kier alpha value is -2.77. The summed E-state index contributed by atoms with van der Waals surface area (Å²) in [5.41, 5.74) is 2.91. The van der Waals surface area contributed by atoms with E-state index in [2.05, 4.69) is 10.3 Å². The van der Waals surface area contributed by atoms with E-state index in [4.69, 9.17) is 0 Å². The number of aliphatic hydroxyl groups excluding tert-OH is 2. The molecule has 0 saturated carbocycles. The third kappa shape index (κ3) is 4.81. The third-order valence-corrected chi connectivity index (χ3v) is 5.44. The highest BCUT2D eigenvalue weighted by molar-refractivity contribution is 5.91. The molecule has 29 heavy (non-hydrogen) atoms. The van der Waals surface area contributed by atoms with E-state index < -0.39 is 30.1 Å². The van der Waals surface area contributed by atoms with Crippen molar-refractivity contribution in [2.24, 2.45) is 0 Å². The molecule has 1 fully saturated rings. The van der Waals surface area contributed by atoms with Gasteiger partial charge in [0, 0.05) is 25.0 Å². The second kappa shape index (κ2) is 9.15. The first-order valence-corrected chi connectivity index (χ1v) is 9.86. The van der Waals surface area contributed by atoms with Crippen LogP contribution in [0.25, 0.3) is 11.1 Å². The number of carbonyl (C=O) groups excluding carboxylic acids is 2. The molecule has 0 unspecified atom stereocenters. The van der Waals surface area contributed by atoms with Crippen molar-refractivity contribution in [2.75, 3.05) is 6.54 Å². The molecule has 2 heterocycles. The van der Waals surface area contributed by atoms with E-state index in [9.17, 15) is 19.8 Å². The van der Waals surface area contributed by atoms with Gasteiger partial charge in [-0.1, -0.05) is 24.3 Å². The summed E-state index contributed by atoms with van der Waals surface area (Å²) in [6.45, 7) is 4.20. The lowest BCUT2D eigenvalue weighted by atomic mass is 10.0. The molecule has 0 bridgehead atoms. The molecule has 0 spiro atoms. The fraction of sp³-hybridized carbons (Fsp3) is 0.409. The smallest absolute Gasteiger partial charge is 0.254 e. The van der Waals surface area contributed by atoms with Crippen LogP contribution in [0.2, 0.25) is 0 Å². The molecule has 2 aromatic rings. The van der Waals surface area contributed by atoms with Gasteiger partial charge in [0.25, 0.3) is 11.8 Å². The number of nitrogens with zero attached hydrogens (tertiary/aromatic N) is 2. The molecule has 1 aromatic carbocycles. The van der Waals surface area contributed by atoms with Gasteiger partial charge in [-0.2, -0.15) is 0 Å². The highest BCUT2D eigenvalue weighted by Gasteiger charge is 2.36. The maximum atomic E-state index is 12.4. The Bertz CT molecular complexity index is 841. The minimum atomic E-state index is -1.81. The molecule has 7 nitrogen and oxygen atoms in total. The summed E-state index contributed by atoms with van der Waals surface area (Å²) >= 11 is 0. The van der Waals surface area contributed by atoms with Crippen LogP contribution < -0.4 is 5.32 Å². The Labute approximate surface area is 170 Å². The predicted octanol–water partition coefficient (Wildman–Crippen LogP) is 1.66. The number of aromatic nitrogens is 1. The van der Waals surface area contributed by atoms with E-state index >= 15 is 0 Å². The molecular formula is C22H27N3O4. The monoisotopic (exact) mass is 397 g/mol. The van der Waals surface area contributed by atoms with Crippen molar-refractivity contribution >= 4 is 11.8 Å². The standard InChI is InChI=1S/C22H27N3O4/c1-14-4-3-13-25(14)22(29)20(27)19(26)21(28)24-15(2)16-5-7-17(8-6-16)18-9-11-23-12-10-18/h5-12,14-15,19-20,26-27H,3-4,13H2,1-2H3,(H,24,28)/t14-,15-,19+,20+/m0/s1. The van der Waals surface area contributed by atoms with Gasteiger partial charge in [-0.05, 0) is 55.5 Å². The minimum absolute atomic E-state index is 0.00486. The quantitative estimate of drug-likeness (QED) is 0.688. The SMILES string of the molecule is C[C@H](NC(=O)[C@H](O)[C@@H](O)C(=O)N1CCC[C@@H]1C)c1ccc(-c2ccncc2)cc1. The van der Waals surface area contributed by atoms with Crippen molar-refractivity contribution in [1.29, 1.82) is 0 Å². The van der Waals surface area contributed by atoms with Gasteiger partial charge in [-0.15, -0.1) is 0 Å². The van der Waals surface area contributed by atoms with E-state index in [-0.39, 0.29) is 6.04 Å². The third-order valence-electron chi connectivity index (χ3n) is 5.44. The molecule has 1 aliphatic heterocycles. The van der Waals surface area contributed by atoms with Crippen LogP contribution in [-0.2, 0) is 9.59 Å². The zero-order valence-electron chi connectivity index (χ0n) is 16.7. The van der Waals surface area contributed by atoms with Crippen molar-refractivity contribution < 1.29 is 19.8 Å². The molecule has 7 heteroatoms. The zero-order valence-corrected chi connectivity index (χ0v) is 16.7. The number of hydrogen-bond donors (Lipinski definition) is 3. The van der Waals surface area contributed by atoms with E-state index in [1.165, 1.54) is 4.90 Å². The first kappa shape index (κ1) is 21.0. The first-order valence-electron chi connectivity index (χ1n) is 9.86. The predicted molar refractivity (Wildman–Crippen MR) is 109 cm³/mol. The molecule has 1 saturated heterocycles. The van der Waals surface area contributed by atoms with Crippen LogP contribution in [0.3, 0.4) is 0 Å². The van der Waals surface area contributed by atoms with Gasteiger partial charge >= 0.3 is 0 Å². The Morgan fingerprint density at radius 3 is 2.28 bits per heavy atom. The maximum Gasteiger partial charge on any atom is 0.254 e. The maximum absolute atomic E-state index is 12.4. The normalized spacial score (nSPS) is 19.4. The summed E-state index contributed by atoms with van der Waals surface area (Å²) in [6.07, 6.45) is 1.58. The van der Waals surface area contributed by atoms with E-state index in [0.717, 1.165) is 29.5 Å². The second-order valence-electron chi connectivity index (χ2n) is 7.50. The van der Waals surface area contributed by atoms with Crippen LogP contribution in [0.4, 0.5) is 0 Å². The number of rotatable bonds is 6. The highest BCUT2D eigenvalue weighted by Crippen LogP contribution is 2.22. The topological polar surface area (TPSA) is 103 Å². The Balaban J connectivity index is 1.60. The molecule has 4 atom stereocenters. The molecule has 1 aliphatic rings. The lowest BCUT2D eigenvalue weighted by molar-refractivity contribution is -0.153. The van der Waals surface area contributed by atoms with Gasteiger partial charge in [0.2, 0.25) is 0 Å². The summed E-state index contributed by atoms with van der Waals surface area (Å²) in [4.78, 5) is 30.2. The van der Waals surface area contributed by atoms with Gasteiger partial charge in [-0.3, -0.25) is 14.6 Å². The molecule has 0 aliphatic carbocycles. The van der Waals surface area contributed by atoms with Crippen molar-refractivity contribution in [3.8, 4) is 11.1 Å². The number of carbonyl (C=O) groups is 2. The van der Waals surface area contributed by atoms with Crippen LogP contribution in [0, 0.1) is 0 Å². The number of pyridine rings is 1. The Morgan fingerprint density at radius 1 is 1.07 bits per heavy atom. The molecule has 0 radical (unpaired) electrons. The number of hydrogen-bond acceptors (Lipinski definition) is 5. The van der Waals surface area contributed by atoms with E-state index in [1.54, 1.807) is 19.3 Å². The summed E-state index contributed by atoms with van der Waals surface area (Å²) in [6, 6.07) is 11.1.